The Morgan fingerprint density at radius 2 is 2.00 bits per heavy atom. The summed E-state index contributed by atoms with van der Waals surface area (Å²) in [5.41, 5.74) is 1.86. The van der Waals surface area contributed by atoms with Crippen LogP contribution in [-0.2, 0) is 13.1 Å². The highest BCUT2D eigenvalue weighted by Gasteiger charge is 2.03. The Balaban J connectivity index is 0.00000261. The lowest BCUT2D eigenvalue weighted by Gasteiger charge is -2.09. The first kappa shape index (κ1) is 20.8. The zero-order valence-corrected chi connectivity index (χ0v) is 17.7. The minimum absolute atomic E-state index is 0. The largest absolute Gasteiger partial charge is 0.497 e. The summed E-state index contributed by atoms with van der Waals surface area (Å²) in [7, 11) is 1.65. The van der Waals surface area contributed by atoms with Gasteiger partial charge < -0.3 is 19.8 Å². The van der Waals surface area contributed by atoms with Crippen LogP contribution in [0.3, 0.4) is 0 Å². The molecule has 0 saturated carbocycles. The molecule has 2 N–H and O–H groups in total. The van der Waals surface area contributed by atoms with Gasteiger partial charge in [-0.3, -0.25) is 0 Å². The second-order valence-corrected chi connectivity index (χ2v) is 5.58. The number of aromatic nitrogens is 2. The van der Waals surface area contributed by atoms with E-state index in [1.54, 1.807) is 13.4 Å². The van der Waals surface area contributed by atoms with Gasteiger partial charge in [-0.05, 0) is 49.4 Å². The number of hydrogen-bond acceptors (Lipinski definition) is 4. The molecule has 8 heteroatoms. The smallest absolute Gasteiger partial charge is 0.192 e. The summed E-state index contributed by atoms with van der Waals surface area (Å²) in [6, 6.07) is 13.5. The van der Waals surface area contributed by atoms with Gasteiger partial charge in [0.2, 0.25) is 0 Å². The molecule has 144 valence electrons. The molecule has 27 heavy (non-hydrogen) atoms. The van der Waals surface area contributed by atoms with Gasteiger partial charge in [-0.25, -0.2) is 9.67 Å². The molecule has 2 aromatic heterocycles. The second kappa shape index (κ2) is 10.6. The minimum atomic E-state index is 0. The van der Waals surface area contributed by atoms with Crippen LogP contribution in [0.15, 0.2) is 64.3 Å². The molecule has 0 bridgehead atoms. The number of nitrogens with zero attached hydrogens (tertiary/aromatic N) is 3. The lowest BCUT2D eigenvalue weighted by molar-refractivity contribution is 0.414. The van der Waals surface area contributed by atoms with E-state index in [0.717, 1.165) is 35.4 Å². The van der Waals surface area contributed by atoms with E-state index < -0.39 is 0 Å². The monoisotopic (exact) mass is 481 g/mol. The summed E-state index contributed by atoms with van der Waals surface area (Å²) in [6.07, 6.45) is 3.59. The van der Waals surface area contributed by atoms with Crippen LogP contribution in [0.4, 0.5) is 0 Å². The average molecular weight is 481 g/mol. The van der Waals surface area contributed by atoms with E-state index in [-0.39, 0.29) is 24.0 Å². The third kappa shape index (κ3) is 6.02. The fraction of sp³-hybridized carbons (Fsp3) is 0.263. The number of methoxy groups -OCH3 is 1. The van der Waals surface area contributed by atoms with Crippen molar-refractivity contribution < 1.29 is 9.15 Å². The molecule has 3 rings (SSSR count). The van der Waals surface area contributed by atoms with Gasteiger partial charge in [0.15, 0.2) is 5.96 Å². The Morgan fingerprint density at radius 1 is 1.19 bits per heavy atom. The summed E-state index contributed by atoms with van der Waals surface area (Å²) in [5, 5.41) is 11.0. The third-order valence-corrected chi connectivity index (χ3v) is 3.73. The molecule has 0 fully saturated rings. The van der Waals surface area contributed by atoms with Crippen LogP contribution in [0.25, 0.3) is 5.69 Å². The van der Waals surface area contributed by atoms with E-state index in [9.17, 15) is 0 Å². The van der Waals surface area contributed by atoms with Crippen molar-refractivity contribution in [2.75, 3.05) is 13.7 Å². The highest BCUT2D eigenvalue weighted by molar-refractivity contribution is 14.0. The van der Waals surface area contributed by atoms with Gasteiger partial charge in [0, 0.05) is 12.7 Å². The van der Waals surface area contributed by atoms with Crippen molar-refractivity contribution in [1.82, 2.24) is 20.4 Å². The first-order valence-corrected chi connectivity index (χ1v) is 8.52. The zero-order chi connectivity index (χ0) is 18.2. The van der Waals surface area contributed by atoms with Crippen LogP contribution < -0.4 is 15.4 Å². The van der Waals surface area contributed by atoms with Crippen LogP contribution >= 0.6 is 24.0 Å². The third-order valence-electron chi connectivity index (χ3n) is 3.73. The van der Waals surface area contributed by atoms with Gasteiger partial charge in [-0.1, -0.05) is 0 Å². The Hall–Kier alpha value is -2.49. The molecule has 0 saturated heterocycles. The van der Waals surface area contributed by atoms with Crippen LogP contribution in [0.5, 0.6) is 5.75 Å². The van der Waals surface area contributed by atoms with Gasteiger partial charge in [0.25, 0.3) is 0 Å². The Morgan fingerprint density at radius 3 is 2.67 bits per heavy atom. The molecule has 0 aliphatic rings. The van der Waals surface area contributed by atoms with Gasteiger partial charge in [-0.2, -0.15) is 5.10 Å². The number of hydrogen-bond donors (Lipinski definition) is 2. The quantitative estimate of drug-likeness (QED) is 0.308. The molecular weight excluding hydrogens is 457 g/mol. The summed E-state index contributed by atoms with van der Waals surface area (Å²) >= 11 is 0. The Labute approximate surface area is 175 Å². The summed E-state index contributed by atoms with van der Waals surface area (Å²) in [4.78, 5) is 4.57. The fourth-order valence-corrected chi connectivity index (χ4v) is 2.41. The number of rotatable bonds is 7. The molecule has 0 unspecified atom stereocenters. The molecule has 0 amide bonds. The minimum Gasteiger partial charge on any atom is -0.497 e. The van der Waals surface area contributed by atoms with E-state index in [0.29, 0.717) is 13.1 Å². The molecule has 0 radical (unpaired) electrons. The molecular formula is C19H24IN5O2. The van der Waals surface area contributed by atoms with Crippen molar-refractivity contribution >= 4 is 29.9 Å². The topological polar surface area (TPSA) is 76.6 Å². The Bertz CT molecular complexity index is 828. The molecule has 7 nitrogen and oxygen atoms in total. The molecule has 0 aliphatic carbocycles. The maximum Gasteiger partial charge on any atom is 0.192 e. The molecule has 0 aliphatic heterocycles. The van der Waals surface area contributed by atoms with Crippen molar-refractivity contribution in [3.63, 3.8) is 0 Å². The van der Waals surface area contributed by atoms with Crippen molar-refractivity contribution in [2.24, 2.45) is 4.99 Å². The maximum atomic E-state index is 5.32. The first-order chi connectivity index (χ1) is 12.8. The van der Waals surface area contributed by atoms with Crippen LogP contribution in [0.1, 0.15) is 18.4 Å². The normalized spacial score (nSPS) is 11.0. The van der Waals surface area contributed by atoms with E-state index in [1.165, 1.54) is 0 Å². The Kier molecular flexibility index (Phi) is 8.18. The molecule has 1 aromatic carbocycles. The van der Waals surface area contributed by atoms with E-state index in [2.05, 4.69) is 20.7 Å². The maximum absolute atomic E-state index is 5.32. The molecule has 0 atom stereocenters. The number of ether oxygens (including phenoxy) is 1. The predicted molar refractivity (Wildman–Crippen MR) is 116 cm³/mol. The number of halogens is 1. The molecule has 3 aromatic rings. The van der Waals surface area contributed by atoms with Gasteiger partial charge in [0.05, 0.1) is 37.8 Å². The lowest BCUT2D eigenvalue weighted by Crippen LogP contribution is -2.36. The standard InChI is InChI=1S/C19H23N5O2.HI/c1-3-20-19(22-14-18-5-4-12-26-18)21-13-15-10-11-24(23-15)16-6-8-17(25-2)9-7-16;/h4-12H,3,13-14H2,1-2H3,(H2,20,21,22);1H. The number of furan rings is 1. The SMILES string of the molecule is CCNC(=NCc1ccn(-c2ccc(OC)cc2)n1)NCc1ccco1.I. The molecule has 2 heterocycles. The van der Waals surface area contributed by atoms with Crippen LogP contribution in [0, 0.1) is 0 Å². The average Bonchev–Trinajstić information content (AvgIpc) is 3.36. The van der Waals surface area contributed by atoms with Crippen LogP contribution in [0.2, 0.25) is 0 Å². The highest BCUT2D eigenvalue weighted by Crippen LogP contribution is 2.14. The lowest BCUT2D eigenvalue weighted by atomic mass is 10.3. The van der Waals surface area contributed by atoms with E-state index >= 15 is 0 Å². The van der Waals surface area contributed by atoms with Crippen molar-refractivity contribution in [3.8, 4) is 11.4 Å². The second-order valence-electron chi connectivity index (χ2n) is 5.58. The van der Waals surface area contributed by atoms with Crippen LogP contribution in [-0.4, -0.2) is 29.4 Å². The summed E-state index contributed by atoms with van der Waals surface area (Å²) in [6.45, 7) is 3.88. The summed E-state index contributed by atoms with van der Waals surface area (Å²) < 4.78 is 12.3. The number of nitrogens with one attached hydrogen (secondary N) is 2. The van der Waals surface area contributed by atoms with Gasteiger partial charge >= 0.3 is 0 Å². The summed E-state index contributed by atoms with van der Waals surface area (Å²) in [5.74, 6) is 2.41. The predicted octanol–water partition coefficient (Wildman–Crippen LogP) is 3.35. The van der Waals surface area contributed by atoms with E-state index in [1.807, 2.05) is 60.3 Å². The van der Waals surface area contributed by atoms with Crippen molar-refractivity contribution in [2.45, 2.75) is 20.0 Å². The number of aliphatic imine (C=N–C) groups is 1. The number of benzene rings is 1. The highest BCUT2D eigenvalue weighted by atomic mass is 127. The zero-order valence-electron chi connectivity index (χ0n) is 15.4. The first-order valence-electron chi connectivity index (χ1n) is 8.52. The van der Waals surface area contributed by atoms with Gasteiger partial charge in [0.1, 0.15) is 11.5 Å². The van der Waals surface area contributed by atoms with E-state index in [4.69, 9.17) is 9.15 Å². The molecule has 0 spiro atoms. The van der Waals surface area contributed by atoms with Crippen molar-refractivity contribution in [1.29, 1.82) is 0 Å². The van der Waals surface area contributed by atoms with Gasteiger partial charge in [-0.15, -0.1) is 24.0 Å². The van der Waals surface area contributed by atoms with Crippen molar-refractivity contribution in [3.05, 3.63) is 66.4 Å². The number of guanidine groups is 1. The fourth-order valence-electron chi connectivity index (χ4n) is 2.41.